The summed E-state index contributed by atoms with van der Waals surface area (Å²) < 4.78 is 5.06. The van der Waals surface area contributed by atoms with Crippen LogP contribution in [0, 0.1) is 0 Å². The standard InChI is InChI=1S/C12H14N2O4/c1-2-13-12(17)14-8-6-7-9(15)4-3-5-10(7)18-11(8)16/h6H,2-5H2,1H3,(H2,13,14,17). The van der Waals surface area contributed by atoms with Crippen molar-refractivity contribution in [2.24, 2.45) is 0 Å². The third kappa shape index (κ3) is 2.42. The number of carbonyl (C=O) groups excluding carboxylic acids is 2. The van der Waals surface area contributed by atoms with Crippen LogP contribution in [0.1, 0.15) is 35.9 Å². The molecule has 0 unspecified atom stereocenters. The normalized spacial score (nSPS) is 13.9. The monoisotopic (exact) mass is 250 g/mol. The molecule has 2 N–H and O–H groups in total. The Balaban J connectivity index is 2.32. The third-order valence-electron chi connectivity index (χ3n) is 2.72. The van der Waals surface area contributed by atoms with E-state index < -0.39 is 11.7 Å². The van der Waals surface area contributed by atoms with E-state index in [1.165, 1.54) is 6.07 Å². The summed E-state index contributed by atoms with van der Waals surface area (Å²) in [5, 5.41) is 4.87. The van der Waals surface area contributed by atoms with E-state index in [1.807, 2.05) is 0 Å². The van der Waals surface area contributed by atoms with Gasteiger partial charge in [0.2, 0.25) is 0 Å². The molecule has 0 atom stereocenters. The summed E-state index contributed by atoms with van der Waals surface area (Å²) in [4.78, 5) is 34.6. The van der Waals surface area contributed by atoms with Crippen LogP contribution in [0.15, 0.2) is 15.3 Å². The van der Waals surface area contributed by atoms with Crippen LogP contribution in [0.2, 0.25) is 0 Å². The molecule has 6 heteroatoms. The van der Waals surface area contributed by atoms with E-state index in [0.717, 1.165) is 0 Å². The second-order valence-electron chi connectivity index (χ2n) is 4.05. The molecular weight excluding hydrogens is 236 g/mol. The molecule has 2 amide bonds. The van der Waals surface area contributed by atoms with E-state index in [1.54, 1.807) is 6.92 Å². The van der Waals surface area contributed by atoms with Crippen molar-refractivity contribution in [2.45, 2.75) is 26.2 Å². The summed E-state index contributed by atoms with van der Waals surface area (Å²) in [6.07, 6.45) is 1.72. The van der Waals surface area contributed by atoms with Crippen molar-refractivity contribution in [1.29, 1.82) is 0 Å². The van der Waals surface area contributed by atoms with Crippen molar-refractivity contribution in [3.05, 3.63) is 27.8 Å². The molecule has 18 heavy (non-hydrogen) atoms. The molecule has 0 spiro atoms. The van der Waals surface area contributed by atoms with Gasteiger partial charge in [-0.15, -0.1) is 0 Å². The van der Waals surface area contributed by atoms with E-state index in [-0.39, 0.29) is 11.5 Å². The lowest BCUT2D eigenvalue weighted by Gasteiger charge is -2.13. The number of urea groups is 1. The lowest BCUT2D eigenvalue weighted by Crippen LogP contribution is -2.30. The number of fused-ring (bicyclic) bond motifs is 1. The molecular formula is C12H14N2O4. The Morgan fingerprint density at radius 1 is 1.39 bits per heavy atom. The van der Waals surface area contributed by atoms with Gasteiger partial charge >= 0.3 is 11.7 Å². The number of ketones is 1. The lowest BCUT2D eigenvalue weighted by molar-refractivity contribution is 0.0966. The van der Waals surface area contributed by atoms with Gasteiger partial charge in [-0.2, -0.15) is 0 Å². The lowest BCUT2D eigenvalue weighted by atomic mass is 9.96. The first-order valence-corrected chi connectivity index (χ1v) is 5.87. The molecule has 6 nitrogen and oxygen atoms in total. The Bertz CT molecular complexity index is 547. The van der Waals surface area contributed by atoms with Crippen LogP contribution in [-0.2, 0) is 6.42 Å². The van der Waals surface area contributed by atoms with E-state index in [9.17, 15) is 14.4 Å². The summed E-state index contributed by atoms with van der Waals surface area (Å²) in [5.74, 6) is 0.358. The summed E-state index contributed by atoms with van der Waals surface area (Å²) in [6, 6.07) is 0.908. The van der Waals surface area contributed by atoms with Crippen molar-refractivity contribution in [3.8, 4) is 0 Å². The maximum Gasteiger partial charge on any atom is 0.360 e. The second-order valence-corrected chi connectivity index (χ2v) is 4.05. The highest BCUT2D eigenvalue weighted by atomic mass is 16.4. The molecule has 0 aliphatic heterocycles. The average molecular weight is 250 g/mol. The SMILES string of the molecule is CCNC(=O)Nc1cc2c(oc1=O)CCCC2=O. The average Bonchev–Trinajstić information content (AvgIpc) is 2.31. The second kappa shape index (κ2) is 5.03. The Morgan fingerprint density at radius 2 is 2.17 bits per heavy atom. The molecule has 0 aromatic carbocycles. The van der Waals surface area contributed by atoms with Crippen LogP contribution in [0.3, 0.4) is 0 Å². The summed E-state index contributed by atoms with van der Waals surface area (Å²) in [7, 11) is 0. The highest BCUT2D eigenvalue weighted by Gasteiger charge is 2.22. The zero-order valence-electron chi connectivity index (χ0n) is 10.0. The molecule has 96 valence electrons. The van der Waals surface area contributed by atoms with Gasteiger partial charge in [0, 0.05) is 19.4 Å². The van der Waals surface area contributed by atoms with Crippen molar-refractivity contribution < 1.29 is 14.0 Å². The number of hydrogen-bond donors (Lipinski definition) is 2. The van der Waals surface area contributed by atoms with Gasteiger partial charge in [0.25, 0.3) is 0 Å². The van der Waals surface area contributed by atoms with Gasteiger partial charge in [-0.25, -0.2) is 9.59 Å². The minimum atomic E-state index is -0.630. The van der Waals surface area contributed by atoms with Crippen LogP contribution < -0.4 is 16.3 Å². The van der Waals surface area contributed by atoms with Crippen LogP contribution in [0.5, 0.6) is 0 Å². The largest absolute Gasteiger partial charge is 0.426 e. The van der Waals surface area contributed by atoms with E-state index in [2.05, 4.69) is 10.6 Å². The van der Waals surface area contributed by atoms with E-state index in [0.29, 0.717) is 37.1 Å². The smallest absolute Gasteiger partial charge is 0.360 e. The van der Waals surface area contributed by atoms with Gasteiger partial charge in [0.15, 0.2) is 5.78 Å². The fourth-order valence-electron chi connectivity index (χ4n) is 1.89. The molecule has 1 aromatic heterocycles. The highest BCUT2D eigenvalue weighted by Crippen LogP contribution is 2.21. The predicted molar refractivity (Wildman–Crippen MR) is 64.9 cm³/mol. The number of amides is 2. The van der Waals surface area contributed by atoms with Crippen LogP contribution in [0.25, 0.3) is 0 Å². The van der Waals surface area contributed by atoms with Gasteiger partial charge in [0.1, 0.15) is 11.4 Å². The number of rotatable bonds is 2. The van der Waals surface area contributed by atoms with Crippen molar-refractivity contribution in [1.82, 2.24) is 5.32 Å². The number of anilines is 1. The van der Waals surface area contributed by atoms with Crippen LogP contribution >= 0.6 is 0 Å². The number of aryl methyl sites for hydroxylation is 1. The first-order valence-electron chi connectivity index (χ1n) is 5.87. The summed E-state index contributed by atoms with van der Waals surface area (Å²) >= 11 is 0. The molecule has 1 heterocycles. The maximum atomic E-state index is 11.7. The van der Waals surface area contributed by atoms with Gasteiger partial charge in [0.05, 0.1) is 5.56 Å². The summed E-state index contributed by atoms with van der Waals surface area (Å²) in [5.41, 5.74) is -0.239. The molecule has 0 bridgehead atoms. The Morgan fingerprint density at radius 3 is 2.89 bits per heavy atom. The Labute approximate surface area is 103 Å². The third-order valence-corrected chi connectivity index (χ3v) is 2.72. The maximum absolute atomic E-state index is 11.7. The van der Waals surface area contributed by atoms with Crippen LogP contribution in [0.4, 0.5) is 10.5 Å². The summed E-state index contributed by atoms with van der Waals surface area (Å²) in [6.45, 7) is 2.21. The van der Waals surface area contributed by atoms with Gasteiger partial charge in [-0.1, -0.05) is 0 Å². The minimum absolute atomic E-state index is 0.00468. The molecule has 0 saturated heterocycles. The molecule has 1 aromatic rings. The fourth-order valence-corrected chi connectivity index (χ4v) is 1.89. The first kappa shape index (κ1) is 12.3. The molecule has 2 rings (SSSR count). The number of Topliss-reactive ketones (excluding diaryl/α,β-unsaturated/α-hetero) is 1. The number of carbonyl (C=O) groups is 2. The van der Waals surface area contributed by atoms with Crippen molar-refractivity contribution >= 4 is 17.5 Å². The molecule has 1 aliphatic rings. The predicted octanol–water partition coefficient (Wildman–Crippen LogP) is 1.30. The van der Waals surface area contributed by atoms with Crippen molar-refractivity contribution in [3.63, 3.8) is 0 Å². The molecule has 0 saturated carbocycles. The topological polar surface area (TPSA) is 88.4 Å². The zero-order chi connectivity index (χ0) is 13.1. The Hall–Kier alpha value is -2.11. The van der Waals surface area contributed by atoms with Crippen molar-refractivity contribution in [2.75, 3.05) is 11.9 Å². The number of nitrogens with one attached hydrogen (secondary N) is 2. The van der Waals surface area contributed by atoms with Gasteiger partial charge in [-0.3, -0.25) is 4.79 Å². The molecule has 1 aliphatic carbocycles. The minimum Gasteiger partial charge on any atom is -0.426 e. The Kier molecular flexibility index (Phi) is 3.45. The van der Waals surface area contributed by atoms with Gasteiger partial charge in [-0.05, 0) is 19.4 Å². The number of hydrogen-bond acceptors (Lipinski definition) is 4. The van der Waals surface area contributed by atoms with Gasteiger partial charge < -0.3 is 15.1 Å². The molecule has 0 radical (unpaired) electrons. The van der Waals surface area contributed by atoms with E-state index in [4.69, 9.17) is 4.42 Å². The van der Waals surface area contributed by atoms with Crippen LogP contribution in [-0.4, -0.2) is 18.4 Å². The first-order chi connectivity index (χ1) is 8.61. The quantitative estimate of drug-likeness (QED) is 0.828. The fraction of sp³-hybridized carbons (Fsp3) is 0.417. The van der Waals surface area contributed by atoms with E-state index >= 15 is 0 Å². The highest BCUT2D eigenvalue weighted by molar-refractivity contribution is 5.99. The molecule has 0 fully saturated rings. The zero-order valence-corrected chi connectivity index (χ0v) is 10.0.